The Bertz CT molecular complexity index is 1100. The fourth-order valence-electron chi connectivity index (χ4n) is 3.48. The molecule has 2 aliphatic rings. The molecule has 4 rings (SSSR count). The van der Waals surface area contributed by atoms with E-state index in [9.17, 15) is 18.0 Å². The lowest BCUT2D eigenvalue weighted by Gasteiger charge is -2.14. The van der Waals surface area contributed by atoms with E-state index in [0.29, 0.717) is 24.3 Å². The highest BCUT2D eigenvalue weighted by atomic mass is 32.2. The van der Waals surface area contributed by atoms with Gasteiger partial charge >= 0.3 is 0 Å². The molecule has 2 N–H and O–H groups in total. The summed E-state index contributed by atoms with van der Waals surface area (Å²) in [6, 6.07) is 6.59. The number of benzene rings is 1. The minimum Gasteiger partial charge on any atom is -0.455 e. The van der Waals surface area contributed by atoms with E-state index in [1.807, 2.05) is 6.92 Å². The third-order valence-electron chi connectivity index (χ3n) is 5.44. The van der Waals surface area contributed by atoms with E-state index in [4.69, 9.17) is 4.42 Å². The standard InChI is InChI=1S/C21H25N3O5S/c1-13-5-6-15(20(25)22-16-7-8-16)11-17(13)23-21(26)18-12-19(14(2)29-18)30(27,28)24-9-3-4-10-24/h5-6,11-12,16H,3-4,7-10H2,1-2H3,(H,22,25)(H,23,26). The molecule has 160 valence electrons. The summed E-state index contributed by atoms with van der Waals surface area (Å²) in [6.45, 7) is 4.30. The maximum absolute atomic E-state index is 12.8. The van der Waals surface area contributed by atoms with Crippen molar-refractivity contribution in [2.75, 3.05) is 18.4 Å². The van der Waals surface area contributed by atoms with Crippen molar-refractivity contribution in [1.82, 2.24) is 9.62 Å². The molecule has 2 fully saturated rings. The van der Waals surface area contributed by atoms with Crippen LogP contribution >= 0.6 is 0 Å². The third-order valence-corrected chi connectivity index (χ3v) is 7.45. The highest BCUT2D eigenvalue weighted by Gasteiger charge is 2.32. The molecule has 1 aliphatic heterocycles. The van der Waals surface area contributed by atoms with Crippen LogP contribution in [0.25, 0.3) is 0 Å². The molecular weight excluding hydrogens is 406 g/mol. The summed E-state index contributed by atoms with van der Waals surface area (Å²) in [5, 5.41) is 5.65. The van der Waals surface area contributed by atoms with E-state index in [2.05, 4.69) is 10.6 Å². The number of nitrogens with one attached hydrogen (secondary N) is 2. The smallest absolute Gasteiger partial charge is 0.291 e. The number of nitrogens with zero attached hydrogens (tertiary/aromatic N) is 1. The minimum absolute atomic E-state index is 0.0174. The second kappa shape index (κ2) is 7.88. The fraction of sp³-hybridized carbons (Fsp3) is 0.429. The summed E-state index contributed by atoms with van der Waals surface area (Å²) in [6.07, 6.45) is 3.63. The molecule has 9 heteroatoms. The van der Waals surface area contributed by atoms with Gasteiger partial charge in [-0.3, -0.25) is 9.59 Å². The average molecular weight is 432 g/mol. The van der Waals surface area contributed by atoms with Gasteiger partial charge in [0.25, 0.3) is 11.8 Å². The number of sulfonamides is 1. The van der Waals surface area contributed by atoms with Gasteiger partial charge in [-0.25, -0.2) is 8.42 Å². The molecule has 30 heavy (non-hydrogen) atoms. The van der Waals surface area contributed by atoms with Crippen LogP contribution in [0.5, 0.6) is 0 Å². The number of furan rings is 1. The van der Waals surface area contributed by atoms with Crippen LogP contribution in [0.4, 0.5) is 5.69 Å². The highest BCUT2D eigenvalue weighted by molar-refractivity contribution is 7.89. The molecule has 0 bridgehead atoms. The summed E-state index contributed by atoms with van der Waals surface area (Å²) in [5.74, 6) is -0.650. The Balaban J connectivity index is 1.54. The molecule has 2 amide bonds. The molecule has 1 aromatic carbocycles. The molecule has 2 aromatic rings. The second-order valence-corrected chi connectivity index (χ2v) is 9.78. The number of amides is 2. The highest BCUT2D eigenvalue weighted by Crippen LogP contribution is 2.27. The Labute approximate surface area is 175 Å². The molecule has 1 saturated heterocycles. The van der Waals surface area contributed by atoms with Crippen molar-refractivity contribution in [3.05, 3.63) is 46.9 Å². The first-order valence-corrected chi connectivity index (χ1v) is 11.5. The van der Waals surface area contributed by atoms with Crippen LogP contribution in [0, 0.1) is 13.8 Å². The Morgan fingerprint density at radius 1 is 1.07 bits per heavy atom. The van der Waals surface area contributed by atoms with Gasteiger partial charge in [0.2, 0.25) is 10.0 Å². The summed E-state index contributed by atoms with van der Waals surface area (Å²) < 4.78 is 32.5. The minimum atomic E-state index is -3.68. The SMILES string of the molecule is Cc1ccc(C(=O)NC2CC2)cc1NC(=O)c1cc(S(=O)(=O)N2CCCC2)c(C)o1. The normalized spacial score (nSPS) is 17.1. The Morgan fingerprint density at radius 2 is 1.77 bits per heavy atom. The molecule has 0 unspecified atom stereocenters. The zero-order valence-corrected chi connectivity index (χ0v) is 17.8. The predicted molar refractivity (Wildman–Crippen MR) is 111 cm³/mol. The average Bonchev–Trinajstić information content (AvgIpc) is 3.18. The number of anilines is 1. The Kier molecular flexibility index (Phi) is 5.42. The van der Waals surface area contributed by atoms with E-state index in [-0.39, 0.29) is 28.4 Å². The van der Waals surface area contributed by atoms with Crippen molar-refractivity contribution in [2.24, 2.45) is 0 Å². The van der Waals surface area contributed by atoms with Crippen molar-refractivity contribution in [3.8, 4) is 0 Å². The lowest BCUT2D eigenvalue weighted by molar-refractivity contribution is 0.0949. The molecule has 8 nitrogen and oxygen atoms in total. The topological polar surface area (TPSA) is 109 Å². The van der Waals surface area contributed by atoms with Gasteiger partial charge in [0.05, 0.1) is 0 Å². The second-order valence-electron chi connectivity index (χ2n) is 7.87. The van der Waals surface area contributed by atoms with E-state index in [1.54, 1.807) is 18.2 Å². The van der Waals surface area contributed by atoms with Crippen molar-refractivity contribution in [2.45, 2.75) is 50.5 Å². The van der Waals surface area contributed by atoms with Crippen molar-refractivity contribution < 1.29 is 22.4 Å². The number of hydrogen-bond acceptors (Lipinski definition) is 5. The fourth-order valence-corrected chi connectivity index (χ4v) is 5.16. The third kappa shape index (κ3) is 4.13. The van der Waals surface area contributed by atoms with Gasteiger partial charge in [0, 0.05) is 36.4 Å². The van der Waals surface area contributed by atoms with Gasteiger partial charge < -0.3 is 15.1 Å². The molecule has 0 radical (unpaired) electrons. The first kappa shape index (κ1) is 20.6. The number of carbonyl (C=O) groups is 2. The van der Waals surface area contributed by atoms with Crippen molar-refractivity contribution in [3.63, 3.8) is 0 Å². The Hall–Kier alpha value is -2.65. The zero-order chi connectivity index (χ0) is 21.5. The number of aryl methyl sites for hydroxylation is 2. The number of rotatable bonds is 6. The molecular formula is C21H25N3O5S. The monoisotopic (exact) mass is 431 g/mol. The van der Waals surface area contributed by atoms with E-state index < -0.39 is 15.9 Å². The van der Waals surface area contributed by atoms with Gasteiger partial charge in [-0.05, 0) is 57.2 Å². The number of hydrogen-bond donors (Lipinski definition) is 2. The first-order valence-electron chi connectivity index (χ1n) is 10.1. The van der Waals surface area contributed by atoms with Crippen LogP contribution in [0.3, 0.4) is 0 Å². The lowest BCUT2D eigenvalue weighted by atomic mass is 10.1. The summed E-state index contributed by atoms with van der Waals surface area (Å²) in [4.78, 5) is 25.0. The van der Waals surface area contributed by atoms with Crippen LogP contribution in [-0.2, 0) is 10.0 Å². The largest absolute Gasteiger partial charge is 0.455 e. The van der Waals surface area contributed by atoms with Gasteiger partial charge in [-0.15, -0.1) is 0 Å². The van der Waals surface area contributed by atoms with Crippen molar-refractivity contribution in [1.29, 1.82) is 0 Å². The van der Waals surface area contributed by atoms with E-state index in [0.717, 1.165) is 31.2 Å². The van der Waals surface area contributed by atoms with Crippen LogP contribution < -0.4 is 10.6 Å². The number of carbonyl (C=O) groups excluding carboxylic acids is 2. The molecule has 1 aliphatic carbocycles. The van der Waals surface area contributed by atoms with Gasteiger partial charge in [0.15, 0.2) is 5.76 Å². The van der Waals surface area contributed by atoms with Gasteiger partial charge in [-0.1, -0.05) is 6.07 Å². The van der Waals surface area contributed by atoms with Crippen LogP contribution in [0.1, 0.15) is 57.9 Å². The maximum atomic E-state index is 12.8. The molecule has 1 saturated carbocycles. The van der Waals surface area contributed by atoms with Gasteiger partial charge in [-0.2, -0.15) is 4.31 Å². The van der Waals surface area contributed by atoms with Gasteiger partial charge in [0.1, 0.15) is 10.7 Å². The van der Waals surface area contributed by atoms with Crippen LogP contribution in [0.15, 0.2) is 33.6 Å². The molecule has 0 atom stereocenters. The van der Waals surface area contributed by atoms with E-state index >= 15 is 0 Å². The van der Waals surface area contributed by atoms with Crippen LogP contribution in [0.2, 0.25) is 0 Å². The Morgan fingerprint density at radius 3 is 2.43 bits per heavy atom. The lowest BCUT2D eigenvalue weighted by Crippen LogP contribution is -2.28. The summed E-state index contributed by atoms with van der Waals surface area (Å²) in [5.41, 5.74) is 1.71. The first-order chi connectivity index (χ1) is 14.3. The maximum Gasteiger partial charge on any atom is 0.291 e. The summed E-state index contributed by atoms with van der Waals surface area (Å²) in [7, 11) is -3.68. The van der Waals surface area contributed by atoms with Crippen molar-refractivity contribution >= 4 is 27.5 Å². The molecule has 1 aromatic heterocycles. The van der Waals surface area contributed by atoms with E-state index in [1.165, 1.54) is 17.3 Å². The van der Waals surface area contributed by atoms with Crippen LogP contribution in [-0.4, -0.2) is 43.7 Å². The quantitative estimate of drug-likeness (QED) is 0.731. The zero-order valence-electron chi connectivity index (χ0n) is 17.0. The molecule has 2 heterocycles. The predicted octanol–water partition coefficient (Wildman–Crippen LogP) is 2.83. The summed E-state index contributed by atoms with van der Waals surface area (Å²) >= 11 is 0. The molecule has 0 spiro atoms.